The molecule has 0 aliphatic carbocycles. The van der Waals surface area contributed by atoms with Crippen LogP contribution in [0, 0.1) is 0 Å². The fourth-order valence-electron chi connectivity index (χ4n) is 3.00. The topological polar surface area (TPSA) is 64.6 Å². The molecule has 1 N–H and O–H groups in total. The molecule has 0 aromatic heterocycles. The molecule has 3 rings (SSSR count). The molecule has 0 atom stereocenters. The first-order valence-electron chi connectivity index (χ1n) is 9.33. The zero-order valence-electron chi connectivity index (χ0n) is 16.2. The lowest BCUT2D eigenvalue weighted by Crippen LogP contribution is -2.33. The van der Waals surface area contributed by atoms with Crippen LogP contribution in [0.5, 0.6) is 5.75 Å². The average Bonchev–Trinajstić information content (AvgIpc) is 2.77. The predicted molar refractivity (Wildman–Crippen MR) is 111 cm³/mol. The third-order valence-corrected chi connectivity index (χ3v) is 4.42. The summed E-state index contributed by atoms with van der Waals surface area (Å²) in [6, 6.07) is 26.2. The van der Waals surface area contributed by atoms with Crippen molar-refractivity contribution in [3.8, 4) is 5.75 Å². The molecule has 0 heterocycles. The zero-order chi connectivity index (χ0) is 20.5. The van der Waals surface area contributed by atoms with Crippen LogP contribution in [0.4, 0.5) is 0 Å². The third-order valence-electron chi connectivity index (χ3n) is 4.42. The molecule has 148 valence electrons. The van der Waals surface area contributed by atoms with Crippen LogP contribution in [-0.4, -0.2) is 25.6 Å². The highest BCUT2D eigenvalue weighted by molar-refractivity contribution is 5.82. The predicted octanol–water partition coefficient (Wildman–Crippen LogP) is 3.69. The third kappa shape index (κ3) is 5.94. The van der Waals surface area contributed by atoms with E-state index in [-0.39, 0.29) is 25.0 Å². The van der Waals surface area contributed by atoms with Gasteiger partial charge in [-0.2, -0.15) is 0 Å². The summed E-state index contributed by atoms with van der Waals surface area (Å²) >= 11 is 0. The maximum atomic E-state index is 12.4. The number of carbonyl (C=O) groups is 2. The molecule has 0 spiro atoms. The monoisotopic (exact) mass is 389 g/mol. The minimum absolute atomic E-state index is 0.0747. The highest BCUT2D eigenvalue weighted by Gasteiger charge is 2.17. The Kier molecular flexibility index (Phi) is 7.00. The first-order valence-corrected chi connectivity index (χ1v) is 9.33. The van der Waals surface area contributed by atoms with Crippen LogP contribution >= 0.6 is 0 Å². The van der Waals surface area contributed by atoms with Crippen LogP contribution in [0.3, 0.4) is 0 Å². The van der Waals surface area contributed by atoms with Crippen LogP contribution < -0.4 is 10.1 Å². The van der Waals surface area contributed by atoms with Gasteiger partial charge in [0.2, 0.25) is 0 Å². The van der Waals surface area contributed by atoms with Crippen LogP contribution in [0.1, 0.15) is 22.7 Å². The molecule has 0 radical (unpaired) electrons. The Morgan fingerprint density at radius 1 is 0.862 bits per heavy atom. The van der Waals surface area contributed by atoms with E-state index in [1.54, 1.807) is 25.3 Å². The number of carbonyl (C=O) groups excluding carboxylic acids is 2. The summed E-state index contributed by atoms with van der Waals surface area (Å²) in [5.74, 6) is -0.160. The molecule has 1 amide bonds. The Morgan fingerprint density at radius 3 is 2.07 bits per heavy atom. The molecule has 3 aromatic carbocycles. The summed E-state index contributed by atoms with van der Waals surface area (Å²) in [5.41, 5.74) is 2.67. The molecule has 0 unspecified atom stereocenters. The van der Waals surface area contributed by atoms with E-state index >= 15 is 0 Å². The van der Waals surface area contributed by atoms with Crippen LogP contribution in [0.2, 0.25) is 0 Å². The minimum atomic E-state index is -0.468. The number of ether oxygens (including phenoxy) is 2. The van der Waals surface area contributed by atoms with Crippen LogP contribution in [0.25, 0.3) is 0 Å². The molecule has 3 aromatic rings. The lowest BCUT2D eigenvalue weighted by molar-refractivity contribution is -0.148. The number of hydrogen-bond acceptors (Lipinski definition) is 4. The van der Waals surface area contributed by atoms with Crippen molar-refractivity contribution >= 4 is 11.9 Å². The number of rotatable bonds is 8. The fourth-order valence-corrected chi connectivity index (χ4v) is 3.00. The second-order valence-corrected chi connectivity index (χ2v) is 6.51. The van der Waals surface area contributed by atoms with Gasteiger partial charge in [0, 0.05) is 0 Å². The van der Waals surface area contributed by atoms with Gasteiger partial charge in [0.15, 0.2) is 6.61 Å². The van der Waals surface area contributed by atoms with E-state index in [1.807, 2.05) is 66.7 Å². The van der Waals surface area contributed by atoms with Gasteiger partial charge in [-0.25, -0.2) is 0 Å². The van der Waals surface area contributed by atoms with Crippen molar-refractivity contribution in [2.45, 2.75) is 12.5 Å². The summed E-state index contributed by atoms with van der Waals surface area (Å²) in [6.45, 7) is -0.334. The van der Waals surface area contributed by atoms with Crippen LogP contribution in [-0.2, 0) is 20.7 Å². The number of esters is 1. The smallest absolute Gasteiger partial charge is 0.310 e. The average molecular weight is 389 g/mol. The zero-order valence-corrected chi connectivity index (χ0v) is 16.2. The molecule has 0 aliphatic heterocycles. The van der Waals surface area contributed by atoms with Crippen molar-refractivity contribution in [1.82, 2.24) is 5.32 Å². The SMILES string of the molecule is COc1cccc(CC(=O)OCC(=O)NC(c2ccccc2)c2ccccc2)c1. The van der Waals surface area contributed by atoms with Gasteiger partial charge in [0.05, 0.1) is 19.6 Å². The van der Waals surface area contributed by atoms with Crippen molar-refractivity contribution < 1.29 is 19.1 Å². The van der Waals surface area contributed by atoms with Gasteiger partial charge in [0.1, 0.15) is 5.75 Å². The van der Waals surface area contributed by atoms with E-state index in [1.165, 1.54) is 0 Å². The number of methoxy groups -OCH3 is 1. The minimum Gasteiger partial charge on any atom is -0.497 e. The molecule has 5 nitrogen and oxygen atoms in total. The van der Waals surface area contributed by atoms with Crippen molar-refractivity contribution in [2.24, 2.45) is 0 Å². The van der Waals surface area contributed by atoms with E-state index in [9.17, 15) is 9.59 Å². The standard InChI is InChI=1S/C24H23NO4/c1-28-21-14-8-9-18(15-21)16-23(27)29-17-22(26)25-24(19-10-4-2-5-11-19)20-12-6-3-7-13-20/h2-15,24H,16-17H2,1H3,(H,25,26). The highest BCUT2D eigenvalue weighted by Crippen LogP contribution is 2.21. The van der Waals surface area contributed by atoms with Gasteiger partial charge in [-0.05, 0) is 28.8 Å². The number of hydrogen-bond donors (Lipinski definition) is 1. The summed E-state index contributed by atoms with van der Waals surface area (Å²) in [5, 5.41) is 2.95. The Bertz CT molecular complexity index is 902. The molecule has 0 aliphatic rings. The van der Waals surface area contributed by atoms with E-state index in [4.69, 9.17) is 9.47 Å². The molecule has 29 heavy (non-hydrogen) atoms. The summed E-state index contributed by atoms with van der Waals surface area (Å²) in [7, 11) is 1.57. The highest BCUT2D eigenvalue weighted by atomic mass is 16.5. The Morgan fingerprint density at radius 2 is 1.48 bits per heavy atom. The molecule has 0 saturated heterocycles. The van der Waals surface area contributed by atoms with Gasteiger partial charge in [-0.3, -0.25) is 9.59 Å². The number of nitrogens with one attached hydrogen (secondary N) is 1. The molecule has 5 heteroatoms. The van der Waals surface area contributed by atoms with E-state index < -0.39 is 5.97 Å². The van der Waals surface area contributed by atoms with Crippen LogP contribution in [0.15, 0.2) is 84.9 Å². The number of benzene rings is 3. The van der Waals surface area contributed by atoms with Crippen molar-refractivity contribution in [3.05, 3.63) is 102 Å². The summed E-state index contributed by atoms with van der Waals surface area (Å²) in [4.78, 5) is 24.5. The Labute approximate surface area is 170 Å². The van der Waals surface area contributed by atoms with Crippen molar-refractivity contribution in [1.29, 1.82) is 0 Å². The first kappa shape index (κ1) is 20.1. The molecule has 0 bridgehead atoms. The first-order chi connectivity index (χ1) is 14.2. The van der Waals surface area contributed by atoms with Gasteiger partial charge in [0.25, 0.3) is 5.91 Å². The second kappa shape index (κ2) is 10.1. The molecule has 0 saturated carbocycles. The molecular weight excluding hydrogens is 366 g/mol. The van der Waals surface area contributed by atoms with Gasteiger partial charge in [-0.15, -0.1) is 0 Å². The molecule has 0 fully saturated rings. The lowest BCUT2D eigenvalue weighted by Gasteiger charge is -2.20. The van der Waals surface area contributed by atoms with E-state index in [0.29, 0.717) is 5.75 Å². The lowest BCUT2D eigenvalue weighted by atomic mass is 9.99. The Hall–Kier alpha value is -3.60. The fraction of sp³-hybridized carbons (Fsp3) is 0.167. The van der Waals surface area contributed by atoms with E-state index in [2.05, 4.69) is 5.32 Å². The van der Waals surface area contributed by atoms with Gasteiger partial charge in [-0.1, -0.05) is 72.8 Å². The Balaban J connectivity index is 1.59. The maximum Gasteiger partial charge on any atom is 0.310 e. The van der Waals surface area contributed by atoms with Crippen molar-refractivity contribution in [2.75, 3.05) is 13.7 Å². The largest absolute Gasteiger partial charge is 0.497 e. The normalized spacial score (nSPS) is 10.4. The van der Waals surface area contributed by atoms with E-state index in [0.717, 1.165) is 16.7 Å². The van der Waals surface area contributed by atoms with Gasteiger partial charge >= 0.3 is 5.97 Å². The molecular formula is C24H23NO4. The van der Waals surface area contributed by atoms with Crippen molar-refractivity contribution in [3.63, 3.8) is 0 Å². The quantitative estimate of drug-likeness (QED) is 0.597. The summed E-state index contributed by atoms with van der Waals surface area (Å²) < 4.78 is 10.3. The second-order valence-electron chi connectivity index (χ2n) is 6.51. The summed E-state index contributed by atoms with van der Waals surface area (Å²) in [6.07, 6.45) is 0.0747. The maximum absolute atomic E-state index is 12.4. The van der Waals surface area contributed by atoms with Gasteiger partial charge < -0.3 is 14.8 Å². The number of amides is 1.